The molecule has 1 heterocycles. The molecule has 0 aliphatic heterocycles. The van der Waals surface area contributed by atoms with Crippen LogP contribution in [0.2, 0.25) is 5.15 Å². The Balaban J connectivity index is 3.35. The van der Waals surface area contributed by atoms with Crippen molar-refractivity contribution < 1.29 is 18.7 Å². The molecule has 0 aromatic carbocycles. The van der Waals surface area contributed by atoms with Crippen molar-refractivity contribution in [1.82, 2.24) is 4.98 Å². The molecule has 7 heteroatoms. The van der Waals surface area contributed by atoms with E-state index in [1.54, 1.807) is 0 Å². The van der Waals surface area contributed by atoms with E-state index < -0.39 is 18.1 Å². The lowest BCUT2D eigenvalue weighted by Crippen LogP contribution is -2.02. The number of hydrogen-bond acceptors (Lipinski definition) is 2. The summed E-state index contributed by atoms with van der Waals surface area (Å²) >= 11 is 8.30. The van der Waals surface area contributed by atoms with Crippen LogP contribution in [-0.2, 0) is 0 Å². The van der Waals surface area contributed by atoms with Crippen LogP contribution in [0.1, 0.15) is 22.5 Å². The van der Waals surface area contributed by atoms with Gasteiger partial charge >= 0.3 is 5.97 Å². The molecular formula is C7H3BrClF2NO2. The molecule has 0 saturated carbocycles. The number of aromatic carboxylic acids is 1. The van der Waals surface area contributed by atoms with E-state index in [1.165, 1.54) is 0 Å². The van der Waals surface area contributed by atoms with Gasteiger partial charge in [0.05, 0.1) is 10.0 Å². The standard InChI is InChI=1S/C7H3BrClF2NO2/c8-4-2(7(13)14)1-3(6(10)11)12-5(4)9/h1,6H,(H,13,14). The first-order chi connectivity index (χ1) is 6.43. The zero-order valence-corrected chi connectivity index (χ0v) is 8.81. The van der Waals surface area contributed by atoms with Crippen molar-refractivity contribution in [3.8, 4) is 0 Å². The van der Waals surface area contributed by atoms with Crippen molar-refractivity contribution in [3.05, 3.63) is 26.9 Å². The molecule has 1 aromatic rings. The molecule has 3 nitrogen and oxygen atoms in total. The number of carboxylic acids is 1. The van der Waals surface area contributed by atoms with Crippen LogP contribution in [0.25, 0.3) is 0 Å². The summed E-state index contributed by atoms with van der Waals surface area (Å²) in [6.45, 7) is 0. The van der Waals surface area contributed by atoms with Gasteiger partial charge in [-0.15, -0.1) is 0 Å². The highest BCUT2D eigenvalue weighted by molar-refractivity contribution is 9.10. The summed E-state index contributed by atoms with van der Waals surface area (Å²) in [7, 11) is 0. The number of halogens is 4. The van der Waals surface area contributed by atoms with Crippen molar-refractivity contribution >= 4 is 33.5 Å². The molecule has 1 rings (SSSR count). The number of alkyl halides is 2. The molecule has 0 atom stereocenters. The molecule has 0 spiro atoms. The Labute approximate surface area is 90.8 Å². The maximum atomic E-state index is 12.2. The van der Waals surface area contributed by atoms with Crippen molar-refractivity contribution in [2.45, 2.75) is 6.43 Å². The Hall–Kier alpha value is -0.750. The Morgan fingerprint density at radius 1 is 1.64 bits per heavy atom. The van der Waals surface area contributed by atoms with Crippen molar-refractivity contribution in [2.24, 2.45) is 0 Å². The first kappa shape index (κ1) is 11.3. The summed E-state index contributed by atoms with van der Waals surface area (Å²) in [5.41, 5.74) is -0.990. The van der Waals surface area contributed by atoms with Crippen LogP contribution in [0, 0.1) is 0 Å². The third kappa shape index (κ3) is 2.19. The molecule has 0 aliphatic carbocycles. The predicted molar refractivity (Wildman–Crippen MR) is 48.9 cm³/mol. The van der Waals surface area contributed by atoms with Crippen molar-refractivity contribution in [3.63, 3.8) is 0 Å². The van der Waals surface area contributed by atoms with Gasteiger partial charge in [-0.2, -0.15) is 0 Å². The van der Waals surface area contributed by atoms with E-state index in [0.29, 0.717) is 0 Å². The van der Waals surface area contributed by atoms with Gasteiger partial charge in [0.25, 0.3) is 6.43 Å². The summed E-state index contributed by atoms with van der Waals surface area (Å²) in [5, 5.41) is 8.34. The third-order valence-corrected chi connectivity index (χ3v) is 2.70. The minimum Gasteiger partial charge on any atom is -0.478 e. The highest BCUT2D eigenvalue weighted by Crippen LogP contribution is 2.28. The highest BCUT2D eigenvalue weighted by Gasteiger charge is 2.18. The number of carboxylic acid groups (broad SMARTS) is 1. The molecule has 0 bridgehead atoms. The van der Waals surface area contributed by atoms with Gasteiger partial charge in [-0.1, -0.05) is 11.6 Å². The Morgan fingerprint density at radius 3 is 2.64 bits per heavy atom. The van der Waals surface area contributed by atoms with Gasteiger partial charge in [-0.05, 0) is 22.0 Å². The summed E-state index contributed by atoms with van der Waals surface area (Å²) in [6.07, 6.45) is -2.85. The topological polar surface area (TPSA) is 50.2 Å². The van der Waals surface area contributed by atoms with E-state index in [1.807, 2.05) is 0 Å². The van der Waals surface area contributed by atoms with E-state index in [-0.39, 0.29) is 15.2 Å². The third-order valence-electron chi connectivity index (χ3n) is 1.39. The van der Waals surface area contributed by atoms with Gasteiger partial charge in [0.15, 0.2) is 0 Å². The number of rotatable bonds is 2. The zero-order valence-electron chi connectivity index (χ0n) is 6.47. The monoisotopic (exact) mass is 285 g/mol. The van der Waals surface area contributed by atoms with Gasteiger partial charge in [-0.25, -0.2) is 18.6 Å². The Morgan fingerprint density at radius 2 is 2.21 bits per heavy atom. The van der Waals surface area contributed by atoms with Crippen molar-refractivity contribution in [1.29, 1.82) is 0 Å². The second-order valence-electron chi connectivity index (χ2n) is 2.31. The normalized spacial score (nSPS) is 10.6. The number of hydrogen-bond donors (Lipinski definition) is 1. The summed E-state index contributed by atoms with van der Waals surface area (Å²) < 4.78 is 24.4. The maximum absolute atomic E-state index is 12.2. The Bertz CT molecular complexity index is 386. The molecule has 0 fully saturated rings. The molecule has 1 aromatic heterocycles. The van der Waals surface area contributed by atoms with Crippen LogP contribution in [0.3, 0.4) is 0 Å². The van der Waals surface area contributed by atoms with Crippen LogP contribution < -0.4 is 0 Å². The van der Waals surface area contributed by atoms with E-state index >= 15 is 0 Å². The minimum atomic E-state index is -2.85. The predicted octanol–water partition coefficient (Wildman–Crippen LogP) is 3.13. The highest BCUT2D eigenvalue weighted by atomic mass is 79.9. The fraction of sp³-hybridized carbons (Fsp3) is 0.143. The zero-order chi connectivity index (χ0) is 10.9. The van der Waals surface area contributed by atoms with Gasteiger partial charge in [-0.3, -0.25) is 0 Å². The van der Waals surface area contributed by atoms with E-state index in [2.05, 4.69) is 20.9 Å². The molecule has 14 heavy (non-hydrogen) atoms. The SMILES string of the molecule is O=C(O)c1cc(C(F)F)nc(Cl)c1Br. The largest absolute Gasteiger partial charge is 0.478 e. The molecule has 0 aliphatic rings. The summed E-state index contributed by atoms with van der Waals surface area (Å²) in [4.78, 5) is 13.9. The number of pyridine rings is 1. The average molecular weight is 286 g/mol. The fourth-order valence-corrected chi connectivity index (χ4v) is 1.36. The minimum absolute atomic E-state index is 0.00364. The molecule has 1 N–H and O–H groups in total. The van der Waals surface area contributed by atoms with Crippen LogP contribution in [0.5, 0.6) is 0 Å². The Kier molecular flexibility index (Phi) is 3.38. The maximum Gasteiger partial charge on any atom is 0.337 e. The first-order valence-corrected chi connectivity index (χ1v) is 4.48. The van der Waals surface area contributed by atoms with Gasteiger partial charge in [0, 0.05) is 0 Å². The summed E-state index contributed by atoms with van der Waals surface area (Å²) in [5.74, 6) is -1.34. The van der Waals surface area contributed by atoms with E-state index in [0.717, 1.165) is 6.07 Å². The molecule has 0 unspecified atom stereocenters. The van der Waals surface area contributed by atoms with Crippen molar-refractivity contribution in [2.75, 3.05) is 0 Å². The molecule has 0 radical (unpaired) electrons. The van der Waals surface area contributed by atoms with E-state index in [4.69, 9.17) is 16.7 Å². The molecule has 0 saturated heterocycles. The van der Waals surface area contributed by atoms with Gasteiger partial charge in [0.1, 0.15) is 10.8 Å². The smallest absolute Gasteiger partial charge is 0.337 e. The lowest BCUT2D eigenvalue weighted by molar-refractivity contribution is 0.0695. The summed E-state index contributed by atoms with van der Waals surface area (Å²) in [6, 6.07) is 0.781. The van der Waals surface area contributed by atoms with E-state index in [9.17, 15) is 13.6 Å². The molecule has 0 amide bonds. The van der Waals surface area contributed by atoms with Crippen LogP contribution >= 0.6 is 27.5 Å². The van der Waals surface area contributed by atoms with Crippen LogP contribution in [0.4, 0.5) is 8.78 Å². The van der Waals surface area contributed by atoms with Gasteiger partial charge in [0.2, 0.25) is 0 Å². The quantitative estimate of drug-likeness (QED) is 0.850. The van der Waals surface area contributed by atoms with Crippen LogP contribution in [0.15, 0.2) is 10.5 Å². The second-order valence-corrected chi connectivity index (χ2v) is 3.46. The number of nitrogens with zero attached hydrogens (tertiary/aromatic N) is 1. The first-order valence-electron chi connectivity index (χ1n) is 3.31. The second kappa shape index (κ2) is 4.18. The fourth-order valence-electron chi connectivity index (χ4n) is 0.784. The number of aromatic nitrogens is 1. The molecular weight excluding hydrogens is 283 g/mol. The molecule has 76 valence electrons. The number of carbonyl (C=O) groups is 1. The van der Waals surface area contributed by atoms with Crippen LogP contribution in [-0.4, -0.2) is 16.1 Å². The lowest BCUT2D eigenvalue weighted by Gasteiger charge is -2.04. The lowest BCUT2D eigenvalue weighted by atomic mass is 10.2. The average Bonchev–Trinajstić information content (AvgIpc) is 2.08. The van der Waals surface area contributed by atoms with Gasteiger partial charge < -0.3 is 5.11 Å².